The van der Waals surface area contributed by atoms with Gasteiger partial charge < -0.3 is 15.2 Å². The van der Waals surface area contributed by atoms with Gasteiger partial charge in [0.15, 0.2) is 0 Å². The lowest BCUT2D eigenvalue weighted by Gasteiger charge is -2.15. The molecule has 0 aliphatic rings. The van der Waals surface area contributed by atoms with Gasteiger partial charge in [0.2, 0.25) is 0 Å². The van der Waals surface area contributed by atoms with Crippen molar-refractivity contribution in [2.75, 3.05) is 14.2 Å². The van der Waals surface area contributed by atoms with Crippen LogP contribution in [0.5, 0.6) is 11.5 Å². The van der Waals surface area contributed by atoms with Gasteiger partial charge in [-0.1, -0.05) is 13.8 Å². The van der Waals surface area contributed by atoms with Crippen LogP contribution in [0.25, 0.3) is 0 Å². The highest BCUT2D eigenvalue weighted by atomic mass is 32.1. The largest absolute Gasteiger partial charge is 0.497 e. The highest BCUT2D eigenvalue weighted by Gasteiger charge is 2.19. The fourth-order valence-corrected chi connectivity index (χ4v) is 2.92. The average molecular weight is 292 g/mol. The first-order valence-corrected chi connectivity index (χ1v) is 7.37. The fraction of sp³-hybridized carbons (Fsp3) is 0.400. The summed E-state index contributed by atoms with van der Waals surface area (Å²) in [5.41, 5.74) is 8.30. The SMILES string of the molecule is COc1ccc(OC)c(C(N)c2nc(C(C)C)cs2)c1. The molecule has 0 saturated heterocycles. The summed E-state index contributed by atoms with van der Waals surface area (Å²) in [4.78, 5) is 4.61. The molecule has 0 bridgehead atoms. The van der Waals surface area contributed by atoms with Gasteiger partial charge in [-0.15, -0.1) is 11.3 Å². The van der Waals surface area contributed by atoms with E-state index in [1.54, 1.807) is 25.6 Å². The van der Waals surface area contributed by atoms with E-state index < -0.39 is 0 Å². The Labute approximate surface area is 123 Å². The van der Waals surface area contributed by atoms with Crippen molar-refractivity contribution < 1.29 is 9.47 Å². The van der Waals surface area contributed by atoms with Gasteiger partial charge in [0.25, 0.3) is 0 Å². The van der Waals surface area contributed by atoms with E-state index in [9.17, 15) is 0 Å². The fourth-order valence-electron chi connectivity index (χ4n) is 1.92. The number of thiazole rings is 1. The standard InChI is InChI=1S/C15H20N2O2S/c1-9(2)12-8-20-15(17-12)14(16)11-7-10(18-3)5-6-13(11)19-4/h5-9,14H,16H2,1-4H3. The van der Waals surface area contributed by atoms with Gasteiger partial charge >= 0.3 is 0 Å². The van der Waals surface area contributed by atoms with Crippen LogP contribution in [0.2, 0.25) is 0 Å². The van der Waals surface area contributed by atoms with Gasteiger partial charge in [-0.05, 0) is 24.1 Å². The van der Waals surface area contributed by atoms with E-state index in [0.29, 0.717) is 5.92 Å². The van der Waals surface area contributed by atoms with Crippen LogP contribution in [0.4, 0.5) is 0 Å². The first-order valence-electron chi connectivity index (χ1n) is 6.49. The Hall–Kier alpha value is -1.59. The molecule has 1 aromatic carbocycles. The Morgan fingerprint density at radius 2 is 1.95 bits per heavy atom. The molecule has 1 atom stereocenters. The summed E-state index contributed by atoms with van der Waals surface area (Å²) < 4.78 is 10.6. The molecule has 108 valence electrons. The number of hydrogen-bond donors (Lipinski definition) is 1. The predicted molar refractivity (Wildman–Crippen MR) is 81.8 cm³/mol. The topological polar surface area (TPSA) is 57.4 Å². The normalized spacial score (nSPS) is 12.5. The molecule has 0 radical (unpaired) electrons. The smallest absolute Gasteiger partial charge is 0.124 e. The quantitative estimate of drug-likeness (QED) is 0.918. The molecule has 5 heteroatoms. The molecule has 1 heterocycles. The van der Waals surface area contributed by atoms with Crippen molar-refractivity contribution >= 4 is 11.3 Å². The van der Waals surface area contributed by atoms with Crippen LogP contribution >= 0.6 is 11.3 Å². The zero-order valence-electron chi connectivity index (χ0n) is 12.2. The van der Waals surface area contributed by atoms with Crippen molar-refractivity contribution in [1.82, 2.24) is 4.98 Å². The molecule has 0 aliphatic carbocycles. The Morgan fingerprint density at radius 3 is 2.50 bits per heavy atom. The summed E-state index contributed by atoms with van der Waals surface area (Å²) in [6.45, 7) is 4.24. The highest BCUT2D eigenvalue weighted by Crippen LogP contribution is 2.33. The summed E-state index contributed by atoms with van der Waals surface area (Å²) in [6, 6.07) is 5.32. The molecule has 1 aromatic heterocycles. The average Bonchev–Trinajstić information content (AvgIpc) is 2.95. The molecule has 0 amide bonds. The summed E-state index contributed by atoms with van der Waals surface area (Å²) in [6.07, 6.45) is 0. The summed E-state index contributed by atoms with van der Waals surface area (Å²) in [5.74, 6) is 1.91. The van der Waals surface area contributed by atoms with Gasteiger partial charge in [-0.2, -0.15) is 0 Å². The minimum absolute atomic E-state index is 0.308. The van der Waals surface area contributed by atoms with Crippen LogP contribution < -0.4 is 15.2 Å². The molecule has 0 saturated carbocycles. The van der Waals surface area contributed by atoms with Crippen LogP contribution in [-0.4, -0.2) is 19.2 Å². The van der Waals surface area contributed by atoms with Crippen molar-refractivity contribution in [3.8, 4) is 11.5 Å². The monoisotopic (exact) mass is 292 g/mol. The van der Waals surface area contributed by atoms with E-state index in [4.69, 9.17) is 15.2 Å². The molecule has 2 N–H and O–H groups in total. The molecule has 2 aromatic rings. The van der Waals surface area contributed by atoms with Gasteiger partial charge in [0, 0.05) is 10.9 Å². The summed E-state index contributed by atoms with van der Waals surface area (Å²) in [7, 11) is 3.27. The summed E-state index contributed by atoms with van der Waals surface area (Å²) >= 11 is 1.58. The molecule has 2 rings (SSSR count). The molecular weight excluding hydrogens is 272 g/mol. The lowest BCUT2D eigenvalue weighted by Crippen LogP contribution is -2.13. The van der Waals surface area contributed by atoms with Gasteiger partial charge in [-0.3, -0.25) is 0 Å². The lowest BCUT2D eigenvalue weighted by molar-refractivity contribution is 0.397. The number of rotatable bonds is 5. The maximum atomic E-state index is 6.34. The second kappa shape index (κ2) is 6.24. The zero-order chi connectivity index (χ0) is 14.7. The number of methoxy groups -OCH3 is 2. The Kier molecular flexibility index (Phi) is 4.62. The van der Waals surface area contributed by atoms with E-state index in [0.717, 1.165) is 27.8 Å². The number of hydrogen-bond acceptors (Lipinski definition) is 5. The van der Waals surface area contributed by atoms with Gasteiger partial charge in [-0.25, -0.2) is 4.98 Å². The molecular formula is C15H20N2O2S. The maximum Gasteiger partial charge on any atom is 0.124 e. The summed E-state index contributed by atoms with van der Waals surface area (Å²) in [5, 5.41) is 2.95. The molecule has 1 unspecified atom stereocenters. The third kappa shape index (κ3) is 2.94. The molecule has 0 aliphatic heterocycles. The number of nitrogens with zero attached hydrogens (tertiary/aromatic N) is 1. The Bertz CT molecular complexity index is 581. The third-order valence-corrected chi connectivity index (χ3v) is 4.12. The Morgan fingerprint density at radius 1 is 1.20 bits per heavy atom. The lowest BCUT2D eigenvalue weighted by atomic mass is 10.1. The molecule has 4 nitrogen and oxygen atoms in total. The van der Waals surface area contributed by atoms with Gasteiger partial charge in [0.1, 0.15) is 16.5 Å². The molecule has 0 fully saturated rings. The van der Waals surface area contributed by atoms with Crippen LogP contribution in [0.1, 0.15) is 42.1 Å². The van der Waals surface area contributed by atoms with Crippen molar-refractivity contribution in [3.05, 3.63) is 39.8 Å². The minimum Gasteiger partial charge on any atom is -0.497 e. The first kappa shape index (κ1) is 14.8. The second-order valence-corrected chi connectivity index (χ2v) is 5.74. The van der Waals surface area contributed by atoms with E-state index in [-0.39, 0.29) is 6.04 Å². The van der Waals surface area contributed by atoms with Crippen LogP contribution in [0.15, 0.2) is 23.6 Å². The highest BCUT2D eigenvalue weighted by molar-refractivity contribution is 7.09. The molecule has 20 heavy (non-hydrogen) atoms. The number of aromatic nitrogens is 1. The molecule has 0 spiro atoms. The van der Waals surface area contributed by atoms with Crippen LogP contribution in [0.3, 0.4) is 0 Å². The zero-order valence-corrected chi connectivity index (χ0v) is 13.0. The first-order chi connectivity index (χ1) is 9.56. The second-order valence-electron chi connectivity index (χ2n) is 4.85. The maximum absolute atomic E-state index is 6.34. The van der Waals surface area contributed by atoms with E-state index in [1.807, 2.05) is 18.2 Å². The predicted octanol–water partition coefficient (Wildman–Crippen LogP) is 3.33. The number of benzene rings is 1. The minimum atomic E-state index is -0.308. The van der Waals surface area contributed by atoms with Crippen molar-refractivity contribution in [2.24, 2.45) is 5.73 Å². The van der Waals surface area contributed by atoms with Crippen molar-refractivity contribution in [1.29, 1.82) is 0 Å². The third-order valence-electron chi connectivity index (χ3n) is 3.17. The van der Waals surface area contributed by atoms with E-state index in [2.05, 4.69) is 24.2 Å². The van der Waals surface area contributed by atoms with E-state index in [1.165, 1.54) is 0 Å². The van der Waals surface area contributed by atoms with E-state index >= 15 is 0 Å². The number of nitrogens with two attached hydrogens (primary N) is 1. The van der Waals surface area contributed by atoms with Crippen LogP contribution in [0, 0.1) is 0 Å². The van der Waals surface area contributed by atoms with Crippen molar-refractivity contribution in [3.63, 3.8) is 0 Å². The number of ether oxygens (including phenoxy) is 2. The van der Waals surface area contributed by atoms with Gasteiger partial charge in [0.05, 0.1) is 26.0 Å². The van der Waals surface area contributed by atoms with Crippen LogP contribution in [-0.2, 0) is 0 Å². The Balaban J connectivity index is 2.37. The van der Waals surface area contributed by atoms with Crippen molar-refractivity contribution in [2.45, 2.75) is 25.8 Å².